The van der Waals surface area contributed by atoms with Crippen LogP contribution in [0.25, 0.3) is 0 Å². The Bertz CT molecular complexity index is 1390. The number of aliphatic hydroxyl groups excluding tert-OH is 9. The molecule has 3 aliphatic heterocycles. The van der Waals surface area contributed by atoms with Crippen LogP contribution in [0, 0.1) is 5.41 Å². The van der Waals surface area contributed by atoms with Crippen LogP contribution in [0.1, 0.15) is 98.3 Å². The molecule has 3 heterocycles. The van der Waals surface area contributed by atoms with E-state index in [2.05, 4.69) is 16.0 Å². The van der Waals surface area contributed by atoms with Gasteiger partial charge in [0, 0.05) is 78.7 Å². The number of aliphatic hydroxyl groups is 9. The molecule has 9 unspecified atom stereocenters. The second-order valence-electron chi connectivity index (χ2n) is 18.8. The molecule has 3 fully saturated rings. The molecule has 0 bridgehead atoms. The Morgan fingerprint density at radius 1 is 0.471 bits per heavy atom. The molecule has 0 aromatic heterocycles. The number of ether oxygens (including phenoxy) is 9. The summed E-state index contributed by atoms with van der Waals surface area (Å²) in [6.45, 7) is 7.44. The van der Waals surface area contributed by atoms with Crippen molar-refractivity contribution in [3.8, 4) is 0 Å². The maximum Gasteiger partial charge on any atom is 0.217 e. The Morgan fingerprint density at radius 2 is 0.800 bits per heavy atom. The highest BCUT2D eigenvalue weighted by Gasteiger charge is 2.46. The van der Waals surface area contributed by atoms with Gasteiger partial charge in [0.05, 0.1) is 63.9 Å². The number of hydrogen-bond acceptors (Lipinski definition) is 21. The Balaban J connectivity index is 1.44. The zero-order valence-corrected chi connectivity index (χ0v) is 41.3. The van der Waals surface area contributed by atoms with Crippen LogP contribution in [0.4, 0.5) is 0 Å². The van der Waals surface area contributed by atoms with E-state index in [0.717, 1.165) is 19.3 Å². The normalized spacial score (nSPS) is 32.6. The lowest BCUT2D eigenvalue weighted by atomic mass is 9.94. The molecule has 0 radical (unpaired) electrons. The van der Waals surface area contributed by atoms with Crippen molar-refractivity contribution >= 4 is 17.7 Å². The molecular weight excluding hydrogens is 931 g/mol. The Labute approximate surface area is 410 Å². The van der Waals surface area contributed by atoms with E-state index in [0.29, 0.717) is 78.2 Å². The predicted molar refractivity (Wildman–Crippen MR) is 245 cm³/mol. The second kappa shape index (κ2) is 33.5. The third-order valence-electron chi connectivity index (χ3n) is 12.2. The lowest BCUT2D eigenvalue weighted by Gasteiger charge is -2.42. The topological polar surface area (TPSA) is 352 Å². The fourth-order valence-electron chi connectivity index (χ4n) is 8.34. The van der Waals surface area contributed by atoms with E-state index in [9.17, 15) is 60.3 Å². The molecule has 0 spiro atoms. The Hall–Kier alpha value is -2.31. The zero-order chi connectivity index (χ0) is 51.6. The average Bonchev–Trinajstić information content (AvgIpc) is 3.49. The van der Waals surface area contributed by atoms with Crippen LogP contribution in [-0.2, 0) is 57.0 Å². The Morgan fingerprint density at radius 3 is 1.16 bits per heavy atom. The molecule has 410 valence electrons. The quantitative estimate of drug-likeness (QED) is 0.0296. The molecular formula is C46H85N3O21. The average molecular weight is 1020 g/mol. The van der Waals surface area contributed by atoms with Crippen molar-refractivity contribution in [2.24, 2.45) is 5.41 Å². The number of hydrogen-bond donors (Lipinski definition) is 12. The smallest absolute Gasteiger partial charge is 0.217 e. The molecule has 0 saturated carbocycles. The molecule has 24 nitrogen and oxygen atoms in total. The minimum Gasteiger partial charge on any atom is -0.394 e. The molecule has 3 aliphatic rings. The first-order valence-corrected chi connectivity index (χ1v) is 24.7. The van der Waals surface area contributed by atoms with Crippen LogP contribution in [0.3, 0.4) is 0 Å². The molecule has 3 rings (SSSR count). The Kier molecular flexibility index (Phi) is 29.7. The molecule has 70 heavy (non-hydrogen) atoms. The largest absolute Gasteiger partial charge is 0.394 e. The van der Waals surface area contributed by atoms with Gasteiger partial charge in [0.15, 0.2) is 18.9 Å². The lowest BCUT2D eigenvalue weighted by molar-refractivity contribution is -0.270. The van der Waals surface area contributed by atoms with Crippen LogP contribution in [0.15, 0.2) is 0 Å². The fraction of sp³-hybridized carbons (Fsp3) is 0.935. The molecule has 15 atom stereocenters. The van der Waals surface area contributed by atoms with Gasteiger partial charge in [-0.1, -0.05) is 6.92 Å². The summed E-state index contributed by atoms with van der Waals surface area (Å²) >= 11 is 0. The van der Waals surface area contributed by atoms with Gasteiger partial charge in [-0.25, -0.2) is 0 Å². The predicted octanol–water partition coefficient (Wildman–Crippen LogP) is -2.79. The van der Waals surface area contributed by atoms with Gasteiger partial charge >= 0.3 is 0 Å². The summed E-state index contributed by atoms with van der Waals surface area (Å²) in [6.07, 6.45) is -8.00. The first-order valence-electron chi connectivity index (χ1n) is 24.7. The standard InChI is InChI=1S/C46H85N3O21/c1-28(53)47-31-20-33(56)39(58)35(22-50)68-43(31)65-17-11-5-8-14-62-25-46(4,27-64-16-10-7-13-19-67-45-38(49-30(3)55)42(61)41(60)37(24-52)70-45)26-63-15-9-6-12-18-66-44-32(48-29(2)54)21-34(57)40(59)36(23-51)69-44/h31-45,50-52,56-61H,5-27H2,1-4H3,(H,47,53)(H,48,54)(H,49,55)/t31?,32?,33?,34?,35?,36?,37?,38?,39-,40-,41+,42?,43-,44-,45-,46?/m1/s1. The molecule has 3 saturated heterocycles. The highest BCUT2D eigenvalue weighted by molar-refractivity contribution is 5.74. The minimum atomic E-state index is -1.40. The third-order valence-corrected chi connectivity index (χ3v) is 12.2. The van der Waals surface area contributed by atoms with Gasteiger partial charge in [-0.3, -0.25) is 14.4 Å². The maximum absolute atomic E-state index is 11.8. The fourth-order valence-corrected chi connectivity index (χ4v) is 8.34. The zero-order valence-electron chi connectivity index (χ0n) is 41.3. The van der Waals surface area contributed by atoms with Crippen molar-refractivity contribution < 1.29 is 103 Å². The van der Waals surface area contributed by atoms with E-state index >= 15 is 0 Å². The van der Waals surface area contributed by atoms with E-state index in [-0.39, 0.29) is 44.5 Å². The van der Waals surface area contributed by atoms with Crippen molar-refractivity contribution in [2.45, 2.75) is 190 Å². The van der Waals surface area contributed by atoms with Gasteiger partial charge in [0.1, 0.15) is 48.8 Å². The van der Waals surface area contributed by atoms with Crippen molar-refractivity contribution in [2.75, 3.05) is 79.3 Å². The van der Waals surface area contributed by atoms with Crippen LogP contribution < -0.4 is 16.0 Å². The SMILES string of the molecule is CC(=O)NC1CC(O)[C@@H](O)C(CO)O[C@H]1OCCCCCOCC(C)(COCCCCCO[C@@H]1OC(CO)[C@H](O)C(O)CC1NC(C)=O)COCCCCCO[C@@H]1OC(CO)[C@H](O)C(O)C1NC(C)=O. The summed E-state index contributed by atoms with van der Waals surface area (Å²) in [5, 5.41) is 99.0. The second-order valence-corrected chi connectivity index (χ2v) is 18.8. The summed E-state index contributed by atoms with van der Waals surface area (Å²) in [5.74, 6) is -1.14. The molecule has 0 aromatic rings. The van der Waals surface area contributed by atoms with Gasteiger partial charge in [-0.05, 0) is 57.8 Å². The van der Waals surface area contributed by atoms with Crippen molar-refractivity contribution in [3.63, 3.8) is 0 Å². The summed E-state index contributed by atoms with van der Waals surface area (Å²) in [5.41, 5.74) is -0.511. The van der Waals surface area contributed by atoms with E-state index in [1.807, 2.05) is 6.92 Å². The molecule has 0 aliphatic carbocycles. The van der Waals surface area contributed by atoms with Crippen molar-refractivity contribution in [1.29, 1.82) is 0 Å². The summed E-state index contributed by atoms with van der Waals surface area (Å²) in [6, 6.07) is -2.46. The number of nitrogens with one attached hydrogen (secondary N) is 3. The van der Waals surface area contributed by atoms with E-state index in [1.165, 1.54) is 20.8 Å². The van der Waals surface area contributed by atoms with Crippen LogP contribution in [0.2, 0.25) is 0 Å². The van der Waals surface area contributed by atoms with Crippen LogP contribution in [-0.4, -0.2) is 235 Å². The number of amides is 3. The van der Waals surface area contributed by atoms with E-state index in [1.54, 1.807) is 0 Å². The highest BCUT2D eigenvalue weighted by Crippen LogP contribution is 2.26. The molecule has 3 amide bonds. The van der Waals surface area contributed by atoms with Gasteiger partial charge < -0.3 is 105 Å². The van der Waals surface area contributed by atoms with Crippen molar-refractivity contribution in [3.05, 3.63) is 0 Å². The first-order chi connectivity index (χ1) is 33.4. The third kappa shape index (κ3) is 22.0. The summed E-state index contributed by atoms with van der Waals surface area (Å²) in [7, 11) is 0. The van der Waals surface area contributed by atoms with Gasteiger partial charge in [0.2, 0.25) is 17.7 Å². The number of rotatable bonds is 33. The number of unbranched alkanes of at least 4 members (excludes halogenated alkanes) is 6. The monoisotopic (exact) mass is 1020 g/mol. The maximum atomic E-state index is 11.8. The molecule has 24 heteroatoms. The van der Waals surface area contributed by atoms with Crippen LogP contribution in [0.5, 0.6) is 0 Å². The van der Waals surface area contributed by atoms with Gasteiger partial charge in [0.25, 0.3) is 0 Å². The van der Waals surface area contributed by atoms with Gasteiger partial charge in [-0.2, -0.15) is 0 Å². The summed E-state index contributed by atoms with van der Waals surface area (Å²) < 4.78 is 53.1. The molecule has 12 N–H and O–H groups in total. The van der Waals surface area contributed by atoms with Gasteiger partial charge in [-0.15, -0.1) is 0 Å². The van der Waals surface area contributed by atoms with E-state index in [4.69, 9.17) is 42.6 Å². The van der Waals surface area contributed by atoms with Crippen LogP contribution >= 0.6 is 0 Å². The van der Waals surface area contributed by atoms with Crippen molar-refractivity contribution in [1.82, 2.24) is 16.0 Å². The lowest BCUT2D eigenvalue weighted by Crippen LogP contribution is -2.64. The number of carbonyl (C=O) groups is 3. The summed E-state index contributed by atoms with van der Waals surface area (Å²) in [4.78, 5) is 35.3. The number of carbonyl (C=O) groups excluding carboxylic acids is 3. The minimum absolute atomic E-state index is 0.0110. The van der Waals surface area contributed by atoms with E-state index < -0.39 is 123 Å². The first kappa shape index (κ1) is 62.0. The molecule has 0 aromatic carbocycles. The highest BCUT2D eigenvalue weighted by atomic mass is 16.7.